The standard InChI is InChI=1S/C17H25NO2/c1-2-9-18(10-11-19)17(20)13-14-7-8-15-5-3-4-6-16(15)12-14/h7-8,12,19H,2-6,9-11,13H2,1H3. The highest BCUT2D eigenvalue weighted by atomic mass is 16.3. The molecule has 0 atom stereocenters. The zero-order chi connectivity index (χ0) is 14.4. The van der Waals surface area contributed by atoms with E-state index in [2.05, 4.69) is 25.1 Å². The summed E-state index contributed by atoms with van der Waals surface area (Å²) in [5.74, 6) is 0.122. The fourth-order valence-corrected chi connectivity index (χ4v) is 2.94. The molecule has 0 saturated carbocycles. The van der Waals surface area contributed by atoms with Gasteiger partial charge in [-0.3, -0.25) is 4.79 Å². The Labute approximate surface area is 121 Å². The minimum absolute atomic E-state index is 0.0376. The van der Waals surface area contributed by atoms with Crippen LogP contribution in [0.2, 0.25) is 0 Å². The highest BCUT2D eigenvalue weighted by Gasteiger charge is 2.15. The Morgan fingerprint density at radius 3 is 2.65 bits per heavy atom. The van der Waals surface area contributed by atoms with E-state index in [0.29, 0.717) is 13.0 Å². The van der Waals surface area contributed by atoms with Gasteiger partial charge in [-0.25, -0.2) is 0 Å². The molecule has 2 rings (SSSR count). The minimum Gasteiger partial charge on any atom is -0.395 e. The molecule has 1 N–H and O–H groups in total. The molecule has 20 heavy (non-hydrogen) atoms. The number of amides is 1. The van der Waals surface area contributed by atoms with Crippen molar-refractivity contribution in [2.45, 2.75) is 45.4 Å². The van der Waals surface area contributed by atoms with Gasteiger partial charge in [-0.15, -0.1) is 0 Å². The van der Waals surface area contributed by atoms with Crippen molar-refractivity contribution < 1.29 is 9.90 Å². The number of benzene rings is 1. The quantitative estimate of drug-likeness (QED) is 0.865. The van der Waals surface area contributed by atoms with Gasteiger partial charge in [-0.1, -0.05) is 25.1 Å². The molecule has 0 aromatic heterocycles. The van der Waals surface area contributed by atoms with Crippen LogP contribution in [0, 0.1) is 0 Å². The van der Waals surface area contributed by atoms with Crippen molar-refractivity contribution in [2.75, 3.05) is 19.7 Å². The van der Waals surface area contributed by atoms with Gasteiger partial charge in [0.25, 0.3) is 0 Å². The summed E-state index contributed by atoms with van der Waals surface area (Å²) < 4.78 is 0. The Balaban J connectivity index is 2.03. The molecule has 0 unspecified atom stereocenters. The van der Waals surface area contributed by atoms with Crippen molar-refractivity contribution in [2.24, 2.45) is 0 Å². The highest BCUT2D eigenvalue weighted by Crippen LogP contribution is 2.22. The molecule has 0 fully saturated rings. The van der Waals surface area contributed by atoms with Gasteiger partial charge in [0.2, 0.25) is 5.91 Å². The van der Waals surface area contributed by atoms with Gasteiger partial charge in [-0.05, 0) is 48.8 Å². The van der Waals surface area contributed by atoms with Crippen molar-refractivity contribution in [3.8, 4) is 0 Å². The molecule has 110 valence electrons. The second-order valence-corrected chi connectivity index (χ2v) is 5.59. The van der Waals surface area contributed by atoms with Crippen LogP contribution in [0.1, 0.15) is 42.9 Å². The second-order valence-electron chi connectivity index (χ2n) is 5.59. The maximum absolute atomic E-state index is 12.3. The van der Waals surface area contributed by atoms with E-state index in [-0.39, 0.29) is 12.5 Å². The van der Waals surface area contributed by atoms with Crippen LogP contribution >= 0.6 is 0 Å². The molecule has 1 amide bonds. The summed E-state index contributed by atoms with van der Waals surface area (Å²) in [4.78, 5) is 14.0. The van der Waals surface area contributed by atoms with Crippen molar-refractivity contribution in [3.63, 3.8) is 0 Å². The molecular weight excluding hydrogens is 250 g/mol. The number of nitrogens with zero attached hydrogens (tertiary/aromatic N) is 1. The number of carbonyl (C=O) groups is 1. The van der Waals surface area contributed by atoms with E-state index < -0.39 is 0 Å². The van der Waals surface area contributed by atoms with Gasteiger partial charge >= 0.3 is 0 Å². The third-order valence-corrected chi connectivity index (χ3v) is 3.98. The number of carbonyl (C=O) groups excluding carboxylic acids is 1. The van der Waals surface area contributed by atoms with Gasteiger partial charge in [0.15, 0.2) is 0 Å². The smallest absolute Gasteiger partial charge is 0.227 e. The zero-order valence-electron chi connectivity index (χ0n) is 12.4. The number of aliphatic hydroxyl groups is 1. The number of hydrogen-bond donors (Lipinski definition) is 1. The maximum Gasteiger partial charge on any atom is 0.227 e. The fourth-order valence-electron chi connectivity index (χ4n) is 2.94. The SMILES string of the molecule is CCCN(CCO)C(=O)Cc1ccc2c(c1)CCCC2. The zero-order valence-corrected chi connectivity index (χ0v) is 12.4. The lowest BCUT2D eigenvalue weighted by molar-refractivity contribution is -0.131. The number of hydrogen-bond acceptors (Lipinski definition) is 2. The Morgan fingerprint density at radius 2 is 1.95 bits per heavy atom. The molecule has 1 aromatic rings. The van der Waals surface area contributed by atoms with Crippen LogP contribution in [0.5, 0.6) is 0 Å². The van der Waals surface area contributed by atoms with E-state index in [9.17, 15) is 4.79 Å². The molecule has 0 spiro atoms. The first-order chi connectivity index (χ1) is 9.74. The second kappa shape index (κ2) is 7.44. The Morgan fingerprint density at radius 1 is 1.20 bits per heavy atom. The Kier molecular flexibility index (Phi) is 5.60. The van der Waals surface area contributed by atoms with Crippen molar-refractivity contribution >= 4 is 5.91 Å². The van der Waals surface area contributed by atoms with Crippen molar-refractivity contribution in [1.29, 1.82) is 0 Å². The molecular formula is C17H25NO2. The number of aliphatic hydroxyl groups excluding tert-OH is 1. The molecule has 0 heterocycles. The van der Waals surface area contributed by atoms with E-state index in [1.54, 1.807) is 4.90 Å². The average molecular weight is 275 g/mol. The van der Waals surface area contributed by atoms with Gasteiger partial charge in [0.05, 0.1) is 13.0 Å². The fraction of sp³-hybridized carbons (Fsp3) is 0.588. The van der Waals surface area contributed by atoms with Crippen LogP contribution in [0.4, 0.5) is 0 Å². The van der Waals surface area contributed by atoms with Crippen molar-refractivity contribution in [3.05, 3.63) is 34.9 Å². The topological polar surface area (TPSA) is 40.5 Å². The minimum atomic E-state index is 0.0376. The lowest BCUT2D eigenvalue weighted by Gasteiger charge is -2.22. The van der Waals surface area contributed by atoms with Crippen LogP contribution in [-0.2, 0) is 24.1 Å². The maximum atomic E-state index is 12.3. The molecule has 1 aromatic carbocycles. The molecule has 3 nitrogen and oxygen atoms in total. The van der Waals surface area contributed by atoms with Crippen LogP contribution < -0.4 is 0 Å². The first kappa shape index (κ1) is 15.0. The molecule has 1 aliphatic rings. The molecule has 0 saturated heterocycles. The van der Waals surface area contributed by atoms with E-state index >= 15 is 0 Å². The van der Waals surface area contributed by atoms with E-state index in [4.69, 9.17) is 5.11 Å². The third kappa shape index (κ3) is 3.83. The van der Waals surface area contributed by atoms with Gasteiger partial charge in [0, 0.05) is 13.1 Å². The normalized spacial score (nSPS) is 13.9. The summed E-state index contributed by atoms with van der Waals surface area (Å²) in [5, 5.41) is 9.04. The summed E-state index contributed by atoms with van der Waals surface area (Å²) in [6, 6.07) is 6.48. The number of fused-ring (bicyclic) bond motifs is 1. The third-order valence-electron chi connectivity index (χ3n) is 3.98. The monoisotopic (exact) mass is 275 g/mol. The summed E-state index contributed by atoms with van der Waals surface area (Å²) in [7, 11) is 0. The van der Waals surface area contributed by atoms with E-state index in [1.165, 1.54) is 30.4 Å². The van der Waals surface area contributed by atoms with E-state index in [0.717, 1.165) is 24.9 Å². The summed E-state index contributed by atoms with van der Waals surface area (Å²) in [6.07, 6.45) is 6.24. The van der Waals surface area contributed by atoms with Crippen LogP contribution in [0.3, 0.4) is 0 Å². The predicted octanol–water partition coefficient (Wildman–Crippen LogP) is 2.34. The van der Waals surface area contributed by atoms with Crippen LogP contribution in [-0.4, -0.2) is 35.6 Å². The number of rotatable bonds is 6. The highest BCUT2D eigenvalue weighted by molar-refractivity contribution is 5.78. The lowest BCUT2D eigenvalue weighted by atomic mass is 9.90. The van der Waals surface area contributed by atoms with Gasteiger partial charge in [0.1, 0.15) is 0 Å². The van der Waals surface area contributed by atoms with Crippen LogP contribution in [0.25, 0.3) is 0 Å². The molecule has 1 aliphatic carbocycles. The Bertz CT molecular complexity index is 450. The largest absolute Gasteiger partial charge is 0.395 e. The predicted molar refractivity (Wildman–Crippen MR) is 80.7 cm³/mol. The summed E-state index contributed by atoms with van der Waals surface area (Å²) >= 11 is 0. The average Bonchev–Trinajstić information content (AvgIpc) is 2.47. The number of aryl methyl sites for hydroxylation is 2. The Hall–Kier alpha value is -1.35. The first-order valence-electron chi connectivity index (χ1n) is 7.74. The van der Waals surface area contributed by atoms with Gasteiger partial charge < -0.3 is 10.0 Å². The summed E-state index contributed by atoms with van der Waals surface area (Å²) in [5.41, 5.74) is 3.98. The summed E-state index contributed by atoms with van der Waals surface area (Å²) in [6.45, 7) is 3.26. The molecule has 3 heteroatoms. The molecule has 0 aliphatic heterocycles. The van der Waals surface area contributed by atoms with Crippen molar-refractivity contribution in [1.82, 2.24) is 4.90 Å². The van der Waals surface area contributed by atoms with Crippen LogP contribution in [0.15, 0.2) is 18.2 Å². The molecule has 0 bridgehead atoms. The first-order valence-corrected chi connectivity index (χ1v) is 7.74. The van der Waals surface area contributed by atoms with Gasteiger partial charge in [-0.2, -0.15) is 0 Å². The molecule has 0 radical (unpaired) electrons. The van der Waals surface area contributed by atoms with E-state index in [1.807, 2.05) is 0 Å². The lowest BCUT2D eigenvalue weighted by Crippen LogP contribution is -2.35.